The molecule has 0 bridgehead atoms. The lowest BCUT2D eigenvalue weighted by Gasteiger charge is -2.09. The van der Waals surface area contributed by atoms with Crippen LogP contribution in [0, 0.1) is 6.92 Å². The van der Waals surface area contributed by atoms with Crippen molar-refractivity contribution in [3.8, 4) is 11.1 Å². The lowest BCUT2D eigenvalue weighted by molar-refractivity contribution is 0.799. The van der Waals surface area contributed by atoms with Crippen molar-refractivity contribution in [3.63, 3.8) is 0 Å². The fraction of sp³-hybridized carbons (Fsp3) is 0.143. The first-order valence-corrected chi connectivity index (χ1v) is 11.5. The zero-order chi connectivity index (χ0) is 23.0. The monoisotopic (exact) mass is 442 g/mol. The summed E-state index contributed by atoms with van der Waals surface area (Å²) in [5, 5.41) is 14.0. The minimum Gasteiger partial charge on any atom is -0.342 e. The van der Waals surface area contributed by atoms with Gasteiger partial charge in [-0.15, -0.1) is 0 Å². The zero-order valence-corrected chi connectivity index (χ0v) is 19.1. The number of hydrogen-bond donors (Lipinski definition) is 2. The van der Waals surface area contributed by atoms with Gasteiger partial charge in [-0.2, -0.15) is 5.10 Å². The Morgan fingerprint density at radius 3 is 2.29 bits per heavy atom. The van der Waals surface area contributed by atoms with Gasteiger partial charge in [0.2, 0.25) is 0 Å². The number of nitrogens with zero attached hydrogens (tertiary/aromatic N) is 4. The maximum absolute atomic E-state index is 4.91. The SMILES string of the molecule is Cc1nc2c(ccc3cc(-c4ccc5c(c4)c4c[nH]ncc4c4nc(C(C)C)nc54)ccc32)[nH]1. The maximum atomic E-state index is 4.91. The standard InChI is InChI=1S/C28H22N6/c1-14(2)28-33-26-20-8-5-17(11-21(20)22-12-29-30-13-23(22)27(26)34-28)16-4-7-19-18(10-16)6-9-24-25(19)32-15(3)31-24/h4-14,29H,1-3H3,(H,31,32). The van der Waals surface area contributed by atoms with Gasteiger partial charge in [-0.25, -0.2) is 15.0 Å². The van der Waals surface area contributed by atoms with Gasteiger partial charge in [-0.05, 0) is 47.0 Å². The first-order chi connectivity index (χ1) is 16.6. The molecule has 0 saturated heterocycles. The fourth-order valence-electron chi connectivity index (χ4n) is 5.01. The summed E-state index contributed by atoms with van der Waals surface area (Å²) in [6.45, 7) is 6.24. The number of aromatic nitrogens is 6. The van der Waals surface area contributed by atoms with Crippen molar-refractivity contribution in [2.24, 2.45) is 0 Å². The van der Waals surface area contributed by atoms with Gasteiger partial charge in [-0.3, -0.25) is 5.10 Å². The Hall–Kier alpha value is -4.32. The van der Waals surface area contributed by atoms with Crippen LogP contribution in [0.1, 0.15) is 31.4 Å². The molecule has 0 spiro atoms. The molecule has 0 amide bonds. The maximum Gasteiger partial charge on any atom is 0.132 e. The molecular formula is C28H22N6. The van der Waals surface area contributed by atoms with Crippen molar-refractivity contribution in [2.45, 2.75) is 26.7 Å². The van der Waals surface area contributed by atoms with Crippen molar-refractivity contribution < 1.29 is 0 Å². The van der Waals surface area contributed by atoms with Gasteiger partial charge in [0, 0.05) is 33.7 Å². The number of hydrogen-bond acceptors (Lipinski definition) is 4. The van der Waals surface area contributed by atoms with Crippen molar-refractivity contribution in [2.75, 3.05) is 0 Å². The Morgan fingerprint density at radius 2 is 1.47 bits per heavy atom. The number of aromatic amines is 2. The molecule has 7 rings (SSSR count). The van der Waals surface area contributed by atoms with E-state index in [9.17, 15) is 0 Å². The molecule has 3 aromatic heterocycles. The lowest BCUT2D eigenvalue weighted by atomic mass is 9.95. The van der Waals surface area contributed by atoms with Crippen LogP contribution in [0.15, 0.2) is 60.9 Å². The average Bonchev–Trinajstić information content (AvgIpc) is 3.47. The Morgan fingerprint density at radius 1 is 0.706 bits per heavy atom. The van der Waals surface area contributed by atoms with Crippen LogP contribution in [0.5, 0.6) is 0 Å². The number of rotatable bonds is 2. The van der Waals surface area contributed by atoms with E-state index >= 15 is 0 Å². The van der Waals surface area contributed by atoms with E-state index in [0.717, 1.165) is 66.2 Å². The topological polar surface area (TPSA) is 83.1 Å². The van der Waals surface area contributed by atoms with Gasteiger partial charge in [0.1, 0.15) is 17.2 Å². The molecule has 0 fully saturated rings. The molecule has 2 N–H and O–H groups in total. The van der Waals surface area contributed by atoms with E-state index in [1.54, 1.807) is 0 Å². The highest BCUT2D eigenvalue weighted by atomic mass is 15.1. The summed E-state index contributed by atoms with van der Waals surface area (Å²) in [7, 11) is 0. The second-order valence-electron chi connectivity index (χ2n) is 9.27. The summed E-state index contributed by atoms with van der Waals surface area (Å²) in [6, 6.07) is 17.5. The molecule has 0 aliphatic heterocycles. The van der Waals surface area contributed by atoms with Gasteiger partial charge in [0.15, 0.2) is 0 Å². The van der Waals surface area contributed by atoms with E-state index in [1.807, 2.05) is 19.3 Å². The first kappa shape index (κ1) is 19.2. The normalized spacial score (nSPS) is 12.2. The molecule has 4 aromatic carbocycles. The molecule has 34 heavy (non-hydrogen) atoms. The predicted molar refractivity (Wildman–Crippen MR) is 138 cm³/mol. The van der Waals surface area contributed by atoms with Gasteiger partial charge in [0.05, 0.1) is 22.7 Å². The lowest BCUT2D eigenvalue weighted by Crippen LogP contribution is -1.88. The summed E-state index contributed by atoms with van der Waals surface area (Å²) in [4.78, 5) is 17.8. The summed E-state index contributed by atoms with van der Waals surface area (Å²) in [6.07, 6.45) is 3.82. The number of nitrogens with one attached hydrogen (secondary N) is 2. The fourth-order valence-corrected chi connectivity index (χ4v) is 5.01. The molecule has 0 atom stereocenters. The van der Waals surface area contributed by atoms with Crippen LogP contribution in [0.3, 0.4) is 0 Å². The van der Waals surface area contributed by atoms with Crippen LogP contribution >= 0.6 is 0 Å². The number of aryl methyl sites for hydroxylation is 1. The van der Waals surface area contributed by atoms with Gasteiger partial charge >= 0.3 is 0 Å². The molecule has 7 aromatic rings. The molecule has 6 nitrogen and oxygen atoms in total. The molecule has 6 heteroatoms. The third-order valence-corrected chi connectivity index (χ3v) is 6.70. The van der Waals surface area contributed by atoms with Gasteiger partial charge in [-0.1, -0.05) is 44.2 Å². The van der Waals surface area contributed by atoms with Crippen LogP contribution < -0.4 is 0 Å². The van der Waals surface area contributed by atoms with E-state index in [2.05, 4.69) is 82.5 Å². The number of benzene rings is 4. The van der Waals surface area contributed by atoms with Crippen molar-refractivity contribution in [1.82, 2.24) is 30.1 Å². The summed E-state index contributed by atoms with van der Waals surface area (Å²) in [5.74, 6) is 2.07. The second kappa shape index (κ2) is 6.84. The smallest absolute Gasteiger partial charge is 0.132 e. The average molecular weight is 443 g/mol. The largest absolute Gasteiger partial charge is 0.342 e. The summed E-state index contributed by atoms with van der Waals surface area (Å²) < 4.78 is 0. The van der Waals surface area contributed by atoms with Crippen LogP contribution in [-0.4, -0.2) is 30.1 Å². The predicted octanol–water partition coefficient (Wildman–Crippen LogP) is 6.79. The molecular weight excluding hydrogens is 420 g/mol. The number of H-pyrrole nitrogens is 2. The molecule has 164 valence electrons. The van der Waals surface area contributed by atoms with Crippen LogP contribution in [0.4, 0.5) is 0 Å². The van der Waals surface area contributed by atoms with Crippen molar-refractivity contribution in [3.05, 3.63) is 72.6 Å². The minimum absolute atomic E-state index is 0.266. The second-order valence-corrected chi connectivity index (χ2v) is 9.27. The summed E-state index contributed by atoms with van der Waals surface area (Å²) >= 11 is 0. The first-order valence-electron chi connectivity index (χ1n) is 11.5. The van der Waals surface area contributed by atoms with E-state index in [-0.39, 0.29) is 5.92 Å². The van der Waals surface area contributed by atoms with Gasteiger partial charge in [0.25, 0.3) is 0 Å². The highest BCUT2D eigenvalue weighted by molar-refractivity contribution is 6.23. The molecule has 0 aliphatic rings. The molecule has 0 aliphatic carbocycles. The van der Waals surface area contributed by atoms with Crippen molar-refractivity contribution >= 4 is 54.4 Å². The Bertz CT molecular complexity index is 1910. The van der Waals surface area contributed by atoms with Gasteiger partial charge < -0.3 is 4.98 Å². The molecule has 3 heterocycles. The Kier molecular flexibility index (Phi) is 3.86. The third kappa shape index (κ3) is 2.68. The van der Waals surface area contributed by atoms with Crippen LogP contribution in [-0.2, 0) is 0 Å². The van der Waals surface area contributed by atoms with Crippen LogP contribution in [0.25, 0.3) is 65.5 Å². The number of fused-ring (bicyclic) bond motifs is 9. The van der Waals surface area contributed by atoms with Crippen LogP contribution in [0.2, 0.25) is 0 Å². The van der Waals surface area contributed by atoms with E-state index < -0.39 is 0 Å². The summed E-state index contributed by atoms with van der Waals surface area (Å²) in [5.41, 5.74) is 6.29. The molecule has 0 unspecified atom stereocenters. The van der Waals surface area contributed by atoms with E-state index in [1.165, 1.54) is 10.9 Å². The molecule has 0 saturated carbocycles. The van der Waals surface area contributed by atoms with Crippen molar-refractivity contribution in [1.29, 1.82) is 0 Å². The highest BCUT2D eigenvalue weighted by Crippen LogP contribution is 2.37. The third-order valence-electron chi connectivity index (χ3n) is 6.70. The van der Waals surface area contributed by atoms with E-state index in [4.69, 9.17) is 9.97 Å². The zero-order valence-electron chi connectivity index (χ0n) is 19.1. The Labute approximate surface area is 195 Å². The van der Waals surface area contributed by atoms with E-state index in [0.29, 0.717) is 0 Å². The Balaban J connectivity index is 1.49. The molecule has 0 radical (unpaired) electrons. The quantitative estimate of drug-likeness (QED) is 0.289. The number of imidazole rings is 2. The highest BCUT2D eigenvalue weighted by Gasteiger charge is 2.16. The minimum atomic E-state index is 0.266.